The van der Waals surface area contributed by atoms with Crippen LogP contribution in [-0.4, -0.2) is 31.9 Å². The van der Waals surface area contributed by atoms with Crippen molar-refractivity contribution in [3.05, 3.63) is 94.1 Å². The first-order valence-electron chi connectivity index (χ1n) is 11.0. The normalized spacial score (nSPS) is 13.2. The number of halogens is 1. The molecule has 3 aromatic rings. The summed E-state index contributed by atoms with van der Waals surface area (Å²) in [5.74, 6) is -0.839. The third-order valence-corrected chi connectivity index (χ3v) is 6.06. The second-order valence-corrected chi connectivity index (χ2v) is 8.37. The van der Waals surface area contributed by atoms with Crippen LogP contribution in [0.25, 0.3) is 0 Å². The van der Waals surface area contributed by atoms with Crippen LogP contribution in [-0.2, 0) is 16.1 Å². The SMILES string of the molecule is COc1ccc(N2C(=O)C(Cl)=C(Nc3cc(C(=O)NCc4ccccc4)ccc3C)C2=O)c(OC)c1. The first-order valence-corrected chi connectivity index (χ1v) is 11.4. The van der Waals surface area contributed by atoms with Crippen molar-refractivity contribution in [3.63, 3.8) is 0 Å². The van der Waals surface area contributed by atoms with Crippen LogP contribution in [0, 0.1) is 6.92 Å². The molecule has 0 atom stereocenters. The van der Waals surface area contributed by atoms with Crippen molar-refractivity contribution in [1.29, 1.82) is 0 Å². The first-order chi connectivity index (χ1) is 17.3. The molecule has 9 heteroatoms. The van der Waals surface area contributed by atoms with Gasteiger partial charge in [0, 0.05) is 23.9 Å². The predicted molar refractivity (Wildman–Crippen MR) is 137 cm³/mol. The number of hydrogen-bond donors (Lipinski definition) is 2. The Morgan fingerprint density at radius 1 is 0.944 bits per heavy atom. The fraction of sp³-hybridized carbons (Fsp3) is 0.148. The van der Waals surface area contributed by atoms with Crippen LogP contribution >= 0.6 is 11.6 Å². The molecule has 1 heterocycles. The maximum absolute atomic E-state index is 13.3. The van der Waals surface area contributed by atoms with Gasteiger partial charge in [0.2, 0.25) is 0 Å². The highest BCUT2D eigenvalue weighted by Crippen LogP contribution is 2.38. The number of methoxy groups -OCH3 is 2. The number of anilines is 2. The van der Waals surface area contributed by atoms with E-state index in [4.69, 9.17) is 21.1 Å². The molecule has 1 aliphatic heterocycles. The third kappa shape index (κ3) is 4.89. The minimum atomic E-state index is -0.693. The quantitative estimate of drug-likeness (QED) is 0.441. The molecular formula is C27H24ClN3O5. The molecule has 1 aliphatic rings. The smallest absolute Gasteiger partial charge is 0.283 e. The van der Waals surface area contributed by atoms with E-state index in [1.54, 1.807) is 36.4 Å². The lowest BCUT2D eigenvalue weighted by Crippen LogP contribution is -2.32. The molecule has 2 N–H and O–H groups in total. The number of nitrogens with one attached hydrogen (secondary N) is 2. The van der Waals surface area contributed by atoms with E-state index in [0.29, 0.717) is 23.5 Å². The number of nitrogens with zero attached hydrogens (tertiary/aromatic N) is 1. The maximum atomic E-state index is 13.3. The second-order valence-electron chi connectivity index (χ2n) is 8.00. The standard InChI is InChI=1S/C27H24ClN3O5/c1-16-9-10-18(25(32)29-15-17-7-5-4-6-8-17)13-20(16)30-24-23(28)26(33)31(27(24)34)21-12-11-19(35-2)14-22(21)36-3/h4-14,30H,15H2,1-3H3,(H,29,32). The van der Waals surface area contributed by atoms with Gasteiger partial charge in [-0.05, 0) is 42.3 Å². The Bertz CT molecular complexity index is 1370. The molecule has 0 spiro atoms. The van der Waals surface area contributed by atoms with E-state index in [-0.39, 0.29) is 28.1 Å². The van der Waals surface area contributed by atoms with Gasteiger partial charge >= 0.3 is 0 Å². The van der Waals surface area contributed by atoms with Crippen LogP contribution in [0.2, 0.25) is 0 Å². The van der Waals surface area contributed by atoms with Crippen molar-refractivity contribution in [3.8, 4) is 11.5 Å². The molecule has 0 fully saturated rings. The minimum Gasteiger partial charge on any atom is -0.497 e. The van der Waals surface area contributed by atoms with E-state index in [9.17, 15) is 14.4 Å². The molecule has 4 rings (SSSR count). The zero-order valence-corrected chi connectivity index (χ0v) is 20.7. The van der Waals surface area contributed by atoms with Crippen molar-refractivity contribution in [2.24, 2.45) is 0 Å². The Morgan fingerprint density at radius 2 is 1.69 bits per heavy atom. The summed E-state index contributed by atoms with van der Waals surface area (Å²) < 4.78 is 10.5. The lowest BCUT2D eigenvalue weighted by molar-refractivity contribution is -0.120. The zero-order valence-electron chi connectivity index (χ0n) is 19.9. The van der Waals surface area contributed by atoms with Crippen LogP contribution in [0.3, 0.4) is 0 Å². The van der Waals surface area contributed by atoms with Gasteiger partial charge in [0.15, 0.2) is 0 Å². The Morgan fingerprint density at radius 3 is 2.39 bits per heavy atom. The number of benzene rings is 3. The molecule has 3 amide bonds. The third-order valence-electron chi connectivity index (χ3n) is 5.71. The summed E-state index contributed by atoms with van der Waals surface area (Å²) in [6.07, 6.45) is 0. The molecule has 0 unspecified atom stereocenters. The van der Waals surface area contributed by atoms with Crippen molar-refractivity contribution in [2.45, 2.75) is 13.5 Å². The van der Waals surface area contributed by atoms with Crippen molar-refractivity contribution < 1.29 is 23.9 Å². The summed E-state index contributed by atoms with van der Waals surface area (Å²) in [6, 6.07) is 19.3. The second kappa shape index (κ2) is 10.5. The van der Waals surface area contributed by atoms with Crippen LogP contribution in [0.5, 0.6) is 11.5 Å². The van der Waals surface area contributed by atoms with Gasteiger partial charge in [-0.2, -0.15) is 0 Å². The summed E-state index contributed by atoms with van der Waals surface area (Å²) in [6.45, 7) is 2.19. The van der Waals surface area contributed by atoms with E-state index in [0.717, 1.165) is 16.0 Å². The Labute approximate surface area is 213 Å². The highest BCUT2D eigenvalue weighted by molar-refractivity contribution is 6.53. The number of aryl methyl sites for hydroxylation is 1. The molecular weight excluding hydrogens is 482 g/mol. The summed E-state index contributed by atoms with van der Waals surface area (Å²) in [5.41, 5.74) is 2.73. The number of imide groups is 1. The topological polar surface area (TPSA) is 97.0 Å². The summed E-state index contributed by atoms with van der Waals surface area (Å²) >= 11 is 6.30. The zero-order chi connectivity index (χ0) is 25.8. The fourth-order valence-corrected chi connectivity index (χ4v) is 3.93. The maximum Gasteiger partial charge on any atom is 0.283 e. The van der Waals surface area contributed by atoms with E-state index in [2.05, 4.69) is 10.6 Å². The lowest BCUT2D eigenvalue weighted by atomic mass is 10.1. The van der Waals surface area contributed by atoms with Gasteiger partial charge in [0.1, 0.15) is 22.2 Å². The van der Waals surface area contributed by atoms with Gasteiger partial charge in [-0.15, -0.1) is 0 Å². The molecule has 0 aliphatic carbocycles. The van der Waals surface area contributed by atoms with E-state index in [1.165, 1.54) is 14.2 Å². The van der Waals surface area contributed by atoms with Gasteiger partial charge in [-0.3, -0.25) is 14.4 Å². The fourth-order valence-electron chi connectivity index (χ4n) is 3.71. The number of ether oxygens (including phenoxy) is 2. The Balaban J connectivity index is 1.56. The van der Waals surface area contributed by atoms with E-state index < -0.39 is 11.8 Å². The Hall–Kier alpha value is -4.30. The largest absolute Gasteiger partial charge is 0.497 e. The Kier molecular flexibility index (Phi) is 7.26. The highest BCUT2D eigenvalue weighted by Gasteiger charge is 2.40. The molecule has 0 aromatic heterocycles. The van der Waals surface area contributed by atoms with E-state index >= 15 is 0 Å². The van der Waals surface area contributed by atoms with Crippen LogP contribution in [0.4, 0.5) is 11.4 Å². The van der Waals surface area contributed by atoms with Crippen LogP contribution < -0.4 is 25.0 Å². The minimum absolute atomic E-state index is 0.0931. The number of hydrogen-bond acceptors (Lipinski definition) is 6. The van der Waals surface area contributed by atoms with Gasteiger partial charge in [0.25, 0.3) is 17.7 Å². The first kappa shape index (κ1) is 24.8. The molecule has 36 heavy (non-hydrogen) atoms. The number of amides is 3. The average Bonchev–Trinajstić information content (AvgIpc) is 3.11. The van der Waals surface area contributed by atoms with Gasteiger partial charge in [-0.1, -0.05) is 48.0 Å². The van der Waals surface area contributed by atoms with Gasteiger partial charge in [0.05, 0.1) is 19.9 Å². The average molecular weight is 506 g/mol. The van der Waals surface area contributed by atoms with Crippen LogP contribution in [0.1, 0.15) is 21.5 Å². The molecule has 3 aromatic carbocycles. The van der Waals surface area contributed by atoms with Crippen molar-refractivity contribution in [1.82, 2.24) is 5.32 Å². The van der Waals surface area contributed by atoms with Gasteiger partial charge < -0.3 is 20.1 Å². The predicted octanol–water partition coefficient (Wildman–Crippen LogP) is 4.38. The van der Waals surface area contributed by atoms with Crippen molar-refractivity contribution >= 4 is 40.7 Å². The highest BCUT2D eigenvalue weighted by atomic mass is 35.5. The number of carbonyl (C=O) groups excluding carboxylic acids is 3. The monoisotopic (exact) mass is 505 g/mol. The summed E-state index contributed by atoms with van der Waals surface area (Å²) in [7, 11) is 2.93. The molecule has 0 bridgehead atoms. The van der Waals surface area contributed by atoms with Crippen LogP contribution in [0.15, 0.2) is 77.5 Å². The van der Waals surface area contributed by atoms with E-state index in [1.807, 2.05) is 37.3 Å². The van der Waals surface area contributed by atoms with Gasteiger partial charge in [-0.25, -0.2) is 4.90 Å². The lowest BCUT2D eigenvalue weighted by Gasteiger charge is -2.19. The summed E-state index contributed by atoms with van der Waals surface area (Å²) in [5, 5.41) is 5.56. The molecule has 0 saturated heterocycles. The molecule has 184 valence electrons. The molecule has 0 saturated carbocycles. The molecule has 8 nitrogen and oxygen atoms in total. The number of carbonyl (C=O) groups is 3. The number of rotatable bonds is 8. The molecule has 0 radical (unpaired) electrons. The summed E-state index contributed by atoms with van der Waals surface area (Å²) in [4.78, 5) is 39.9. The van der Waals surface area contributed by atoms with Crippen molar-refractivity contribution in [2.75, 3.05) is 24.4 Å².